The van der Waals surface area contributed by atoms with Gasteiger partial charge in [0.05, 0.1) is 17.6 Å². The summed E-state index contributed by atoms with van der Waals surface area (Å²) in [5.41, 5.74) is 5.61. The predicted octanol–water partition coefficient (Wildman–Crippen LogP) is 1.98. The van der Waals surface area contributed by atoms with Crippen LogP contribution in [0.15, 0.2) is 52.6 Å². The second-order valence-corrected chi connectivity index (χ2v) is 9.33. The first-order chi connectivity index (χ1) is 14.4. The number of hydrogen-bond donors (Lipinski definition) is 1. The second-order valence-electron chi connectivity index (χ2n) is 7.36. The molecule has 2 aliphatic rings. The van der Waals surface area contributed by atoms with E-state index in [0.717, 1.165) is 0 Å². The molecule has 1 atom stereocenters. The molecule has 1 aromatic heterocycles. The lowest BCUT2D eigenvalue weighted by Crippen LogP contribution is -2.46. The van der Waals surface area contributed by atoms with Crippen molar-refractivity contribution in [2.24, 2.45) is 9.98 Å². The van der Waals surface area contributed by atoms with E-state index in [-0.39, 0.29) is 11.9 Å². The van der Waals surface area contributed by atoms with Gasteiger partial charge in [-0.3, -0.25) is 4.99 Å². The highest BCUT2D eigenvalue weighted by Gasteiger charge is 2.40. The minimum absolute atomic E-state index is 0.121. The fraction of sp³-hybridized carbons (Fsp3) is 0.350. The molecule has 8 nitrogen and oxygen atoms in total. The zero-order valence-electron chi connectivity index (χ0n) is 16.2. The van der Waals surface area contributed by atoms with E-state index in [1.165, 1.54) is 35.2 Å². The molecule has 158 valence electrons. The third-order valence-corrected chi connectivity index (χ3v) is 7.19. The number of rotatable bonds is 6. The lowest BCUT2D eigenvalue weighted by Gasteiger charge is -2.33. The molecule has 0 aliphatic carbocycles. The molecule has 0 spiro atoms. The van der Waals surface area contributed by atoms with Crippen LogP contribution < -0.4 is 10.5 Å². The van der Waals surface area contributed by atoms with Gasteiger partial charge >= 0.3 is 0 Å². The third kappa shape index (κ3) is 4.34. The number of aliphatic imine (C=N–C) groups is 2. The Bertz CT molecular complexity index is 1030. The van der Waals surface area contributed by atoms with Gasteiger partial charge in [-0.1, -0.05) is 12.1 Å². The highest BCUT2D eigenvalue weighted by molar-refractivity contribution is 7.89. The summed E-state index contributed by atoms with van der Waals surface area (Å²) in [6, 6.07) is 9.07. The normalized spacial score (nSPS) is 22.4. The van der Waals surface area contributed by atoms with Gasteiger partial charge < -0.3 is 10.5 Å². The molecule has 1 saturated heterocycles. The highest BCUT2D eigenvalue weighted by atomic mass is 32.2. The van der Waals surface area contributed by atoms with E-state index in [4.69, 9.17) is 10.5 Å². The SMILES string of the molecule is Nc1ccc(OC2CCN(S(=O)(=O)CC3(c4ccc(F)cc4)C=NC=N3)CC2)nc1. The summed E-state index contributed by atoms with van der Waals surface area (Å²) in [6.07, 6.45) is 5.33. The number of piperidine rings is 1. The van der Waals surface area contributed by atoms with Crippen LogP contribution in [0.3, 0.4) is 0 Å². The number of hydrogen-bond acceptors (Lipinski definition) is 7. The molecule has 2 aromatic rings. The average Bonchev–Trinajstić information content (AvgIpc) is 3.19. The number of nitrogens with two attached hydrogens (primary N) is 1. The van der Waals surface area contributed by atoms with Gasteiger partial charge in [-0.05, 0) is 36.6 Å². The molecule has 4 rings (SSSR count). The van der Waals surface area contributed by atoms with Crippen LogP contribution in [-0.2, 0) is 15.6 Å². The monoisotopic (exact) mass is 431 g/mol. The van der Waals surface area contributed by atoms with Crippen LogP contribution in [0.2, 0.25) is 0 Å². The Labute approximate surface area is 174 Å². The summed E-state index contributed by atoms with van der Waals surface area (Å²) >= 11 is 0. The van der Waals surface area contributed by atoms with Crippen molar-refractivity contribution in [1.29, 1.82) is 0 Å². The zero-order valence-corrected chi connectivity index (χ0v) is 17.0. The maximum atomic E-state index is 13.3. The van der Waals surface area contributed by atoms with Crippen molar-refractivity contribution in [3.8, 4) is 5.88 Å². The van der Waals surface area contributed by atoms with Gasteiger partial charge in [0, 0.05) is 25.4 Å². The molecule has 0 amide bonds. The predicted molar refractivity (Wildman–Crippen MR) is 113 cm³/mol. The molecule has 0 bridgehead atoms. The first kappa shape index (κ1) is 20.4. The molecule has 0 radical (unpaired) electrons. The molecule has 2 aliphatic heterocycles. The molecule has 1 aromatic carbocycles. The van der Waals surface area contributed by atoms with Gasteiger partial charge in [0.1, 0.15) is 23.8 Å². The summed E-state index contributed by atoms with van der Waals surface area (Å²) in [5, 5.41) is 0. The van der Waals surface area contributed by atoms with Crippen LogP contribution in [0.25, 0.3) is 0 Å². The largest absolute Gasteiger partial charge is 0.474 e. The van der Waals surface area contributed by atoms with Crippen LogP contribution in [-0.4, -0.2) is 55.2 Å². The van der Waals surface area contributed by atoms with Crippen molar-refractivity contribution in [1.82, 2.24) is 9.29 Å². The summed E-state index contributed by atoms with van der Waals surface area (Å²) in [7, 11) is -3.64. The van der Waals surface area contributed by atoms with Gasteiger partial charge in [-0.25, -0.2) is 27.1 Å². The van der Waals surface area contributed by atoms with Gasteiger partial charge in [0.25, 0.3) is 0 Å². The van der Waals surface area contributed by atoms with E-state index < -0.39 is 21.4 Å². The Morgan fingerprint density at radius 3 is 2.50 bits per heavy atom. The van der Waals surface area contributed by atoms with Crippen molar-refractivity contribution in [3.05, 3.63) is 54.0 Å². The maximum absolute atomic E-state index is 13.3. The van der Waals surface area contributed by atoms with E-state index in [2.05, 4.69) is 15.0 Å². The van der Waals surface area contributed by atoms with Crippen molar-refractivity contribution in [3.63, 3.8) is 0 Å². The number of nitrogen functional groups attached to an aromatic ring is 1. The van der Waals surface area contributed by atoms with E-state index in [9.17, 15) is 12.8 Å². The topological polar surface area (TPSA) is 110 Å². The Hall–Kier alpha value is -2.85. The second kappa shape index (κ2) is 8.11. The minimum Gasteiger partial charge on any atom is -0.474 e. The van der Waals surface area contributed by atoms with E-state index in [0.29, 0.717) is 43.1 Å². The molecule has 1 fully saturated rings. The van der Waals surface area contributed by atoms with Crippen LogP contribution in [0, 0.1) is 5.82 Å². The number of ether oxygens (including phenoxy) is 1. The van der Waals surface area contributed by atoms with Gasteiger partial charge in [-0.2, -0.15) is 0 Å². The van der Waals surface area contributed by atoms with Crippen LogP contribution >= 0.6 is 0 Å². The molecule has 3 heterocycles. The number of anilines is 1. The number of sulfonamides is 1. The first-order valence-electron chi connectivity index (χ1n) is 9.56. The molecule has 10 heteroatoms. The molecule has 2 N–H and O–H groups in total. The smallest absolute Gasteiger partial charge is 0.217 e. The molecule has 1 unspecified atom stereocenters. The molecule has 0 saturated carbocycles. The minimum atomic E-state index is -3.64. The first-order valence-corrected chi connectivity index (χ1v) is 11.2. The van der Waals surface area contributed by atoms with Crippen molar-refractivity contribution < 1.29 is 17.5 Å². The fourth-order valence-corrected chi connectivity index (χ4v) is 5.42. The lowest BCUT2D eigenvalue weighted by molar-refractivity contribution is 0.130. The van der Waals surface area contributed by atoms with Gasteiger partial charge in [0.15, 0.2) is 0 Å². The molecular formula is C20H22FN5O3S. The van der Waals surface area contributed by atoms with E-state index in [1.54, 1.807) is 24.3 Å². The molecule has 30 heavy (non-hydrogen) atoms. The number of aromatic nitrogens is 1. The van der Waals surface area contributed by atoms with Crippen LogP contribution in [0.4, 0.5) is 10.1 Å². The fourth-order valence-electron chi connectivity index (χ4n) is 3.60. The Balaban J connectivity index is 1.42. The van der Waals surface area contributed by atoms with Crippen molar-refractivity contribution >= 4 is 28.3 Å². The number of nitrogens with zero attached hydrogens (tertiary/aromatic N) is 4. The summed E-state index contributed by atoms with van der Waals surface area (Å²) in [6.45, 7) is 0.671. The van der Waals surface area contributed by atoms with Gasteiger partial charge in [-0.15, -0.1) is 0 Å². The maximum Gasteiger partial charge on any atom is 0.217 e. The van der Waals surface area contributed by atoms with Crippen molar-refractivity contribution in [2.75, 3.05) is 24.6 Å². The van der Waals surface area contributed by atoms with Crippen LogP contribution in [0.1, 0.15) is 18.4 Å². The number of halogens is 1. The van der Waals surface area contributed by atoms with Gasteiger partial charge in [0.2, 0.25) is 15.9 Å². The lowest BCUT2D eigenvalue weighted by atomic mass is 9.94. The standard InChI is InChI=1S/C20H22FN5O3S/c21-16-3-1-15(2-4-16)20(12-23-14-25-20)13-30(27,28)26-9-7-18(8-10-26)29-19-6-5-17(22)11-24-19/h1-6,11-12,14,18H,7-10,13,22H2. The third-order valence-electron chi connectivity index (χ3n) is 5.23. The summed E-state index contributed by atoms with van der Waals surface area (Å²) in [4.78, 5) is 12.4. The highest BCUT2D eigenvalue weighted by Crippen LogP contribution is 2.31. The molecular weight excluding hydrogens is 409 g/mol. The summed E-state index contributed by atoms with van der Waals surface area (Å²) in [5.74, 6) is -0.193. The van der Waals surface area contributed by atoms with E-state index in [1.807, 2.05) is 0 Å². The quantitative estimate of drug-likeness (QED) is 0.752. The zero-order chi connectivity index (χ0) is 21.2. The van der Waals surface area contributed by atoms with Crippen LogP contribution in [0.5, 0.6) is 5.88 Å². The average molecular weight is 431 g/mol. The number of pyridine rings is 1. The van der Waals surface area contributed by atoms with E-state index >= 15 is 0 Å². The Morgan fingerprint density at radius 2 is 1.90 bits per heavy atom. The Kier molecular flexibility index (Phi) is 5.52. The Morgan fingerprint density at radius 1 is 1.17 bits per heavy atom. The van der Waals surface area contributed by atoms with Crippen molar-refractivity contribution in [2.45, 2.75) is 24.5 Å². The number of benzene rings is 1. The summed E-state index contributed by atoms with van der Waals surface area (Å²) < 4.78 is 46.9.